The Morgan fingerprint density at radius 2 is 1.66 bits per heavy atom. The first kappa shape index (κ1) is 24.2. The molecule has 1 atom stereocenters. The van der Waals surface area contributed by atoms with Crippen LogP contribution >= 0.6 is 27.7 Å². The van der Waals surface area contributed by atoms with Crippen molar-refractivity contribution < 1.29 is 9.59 Å². The molecule has 168 valence electrons. The van der Waals surface area contributed by atoms with Crippen LogP contribution in [-0.4, -0.2) is 32.2 Å². The molecular weight excluding hydrogens is 488 g/mol. The number of halogens is 1. The van der Waals surface area contributed by atoms with Crippen LogP contribution in [0.3, 0.4) is 0 Å². The van der Waals surface area contributed by atoms with E-state index in [9.17, 15) is 9.59 Å². The van der Waals surface area contributed by atoms with Gasteiger partial charge in [-0.2, -0.15) is 0 Å². The number of hydrogen-bond donors (Lipinski definition) is 1. The number of benzene rings is 2. The highest BCUT2D eigenvalue weighted by Crippen LogP contribution is 2.26. The van der Waals surface area contributed by atoms with E-state index in [-0.39, 0.29) is 29.4 Å². The molecular formula is C24H27BrN4O2S. The number of amides is 1. The number of carbonyl (C=O) groups is 2. The second-order valence-corrected chi connectivity index (χ2v) is 9.72. The second-order valence-electron chi connectivity index (χ2n) is 7.86. The van der Waals surface area contributed by atoms with E-state index in [1.165, 1.54) is 11.8 Å². The third-order valence-electron chi connectivity index (χ3n) is 5.11. The van der Waals surface area contributed by atoms with Gasteiger partial charge in [0, 0.05) is 22.1 Å². The molecule has 0 fully saturated rings. The molecule has 0 aliphatic rings. The number of nitrogens with one attached hydrogen (secondary N) is 1. The lowest BCUT2D eigenvalue weighted by Gasteiger charge is -2.22. The smallest absolute Gasteiger partial charge is 0.251 e. The van der Waals surface area contributed by atoms with Crippen LogP contribution in [0.5, 0.6) is 0 Å². The fourth-order valence-corrected chi connectivity index (χ4v) is 4.41. The molecule has 6 nitrogen and oxygen atoms in total. The summed E-state index contributed by atoms with van der Waals surface area (Å²) in [5.74, 6) is 0.960. The molecule has 0 radical (unpaired) electrons. The van der Waals surface area contributed by atoms with Gasteiger partial charge >= 0.3 is 0 Å². The monoisotopic (exact) mass is 514 g/mol. The molecule has 1 N–H and O–H groups in total. The molecule has 1 aromatic heterocycles. The highest BCUT2D eigenvalue weighted by molar-refractivity contribution is 9.10. The molecule has 2 aromatic carbocycles. The number of rotatable bonds is 9. The largest absolute Gasteiger partial charge is 0.342 e. The van der Waals surface area contributed by atoms with Crippen LogP contribution in [-0.2, 0) is 6.54 Å². The number of hydrogen-bond acceptors (Lipinski definition) is 5. The predicted octanol–water partition coefficient (Wildman–Crippen LogP) is 5.47. The number of aromatic nitrogens is 3. The minimum absolute atomic E-state index is 0.0304. The van der Waals surface area contributed by atoms with Gasteiger partial charge in [0.25, 0.3) is 5.91 Å². The van der Waals surface area contributed by atoms with Crippen LogP contribution in [0, 0.1) is 12.8 Å². The zero-order valence-corrected chi connectivity index (χ0v) is 21.0. The lowest BCUT2D eigenvalue weighted by Crippen LogP contribution is -2.33. The Hall–Kier alpha value is -2.45. The summed E-state index contributed by atoms with van der Waals surface area (Å²) >= 11 is 4.74. The molecule has 3 rings (SSSR count). The summed E-state index contributed by atoms with van der Waals surface area (Å²) in [4.78, 5) is 25.4. The quantitative estimate of drug-likeness (QED) is 0.302. The Kier molecular flexibility index (Phi) is 8.26. The summed E-state index contributed by atoms with van der Waals surface area (Å²) in [7, 11) is 0. The number of nitrogens with zero attached hydrogens (tertiary/aromatic N) is 3. The minimum Gasteiger partial charge on any atom is -0.342 e. The maximum Gasteiger partial charge on any atom is 0.251 e. The van der Waals surface area contributed by atoms with Crippen molar-refractivity contribution in [1.82, 2.24) is 20.1 Å². The molecule has 1 amide bonds. The van der Waals surface area contributed by atoms with Gasteiger partial charge in [-0.1, -0.05) is 71.4 Å². The van der Waals surface area contributed by atoms with Gasteiger partial charge < -0.3 is 9.88 Å². The zero-order chi connectivity index (χ0) is 23.3. The Balaban J connectivity index is 1.75. The molecule has 1 unspecified atom stereocenters. The molecule has 0 spiro atoms. The molecule has 3 aromatic rings. The van der Waals surface area contributed by atoms with Crippen molar-refractivity contribution in [2.75, 3.05) is 5.75 Å². The highest BCUT2D eigenvalue weighted by atomic mass is 79.9. The van der Waals surface area contributed by atoms with E-state index >= 15 is 0 Å². The summed E-state index contributed by atoms with van der Waals surface area (Å²) in [5, 5.41) is 12.5. The van der Waals surface area contributed by atoms with E-state index in [0.29, 0.717) is 28.7 Å². The van der Waals surface area contributed by atoms with Gasteiger partial charge in [0.1, 0.15) is 0 Å². The van der Waals surface area contributed by atoms with Gasteiger partial charge in [0.05, 0.1) is 11.8 Å². The average molecular weight is 515 g/mol. The highest BCUT2D eigenvalue weighted by Gasteiger charge is 2.26. The third-order valence-corrected chi connectivity index (χ3v) is 6.60. The summed E-state index contributed by atoms with van der Waals surface area (Å²) in [6, 6.07) is 14.5. The van der Waals surface area contributed by atoms with Gasteiger partial charge in [-0.05, 0) is 44.0 Å². The van der Waals surface area contributed by atoms with E-state index in [1.54, 1.807) is 12.1 Å². The lowest BCUT2D eigenvalue weighted by molar-refractivity contribution is 0.0921. The van der Waals surface area contributed by atoms with Crippen LogP contribution in [0.1, 0.15) is 58.9 Å². The topological polar surface area (TPSA) is 76.9 Å². The Morgan fingerprint density at radius 1 is 1.03 bits per heavy atom. The van der Waals surface area contributed by atoms with Gasteiger partial charge in [0.15, 0.2) is 16.8 Å². The van der Waals surface area contributed by atoms with Gasteiger partial charge in [0.2, 0.25) is 0 Å². The van der Waals surface area contributed by atoms with Gasteiger partial charge in [-0.25, -0.2) is 0 Å². The SMILES string of the molecule is CCn1c(SCC(=O)c2ccc(Br)cc2)nnc1C(NC(=O)c1ccc(C)cc1)C(C)C. The van der Waals surface area contributed by atoms with Crippen LogP contribution in [0.2, 0.25) is 0 Å². The molecule has 0 saturated carbocycles. The first-order valence-corrected chi connectivity index (χ1v) is 12.3. The van der Waals surface area contributed by atoms with Crippen LogP contribution in [0.15, 0.2) is 58.2 Å². The minimum atomic E-state index is -0.298. The molecule has 8 heteroatoms. The van der Waals surface area contributed by atoms with Crippen molar-refractivity contribution in [3.05, 3.63) is 75.5 Å². The maximum atomic E-state index is 12.8. The molecule has 0 aliphatic heterocycles. The normalized spacial score (nSPS) is 12.1. The first-order chi connectivity index (χ1) is 15.3. The van der Waals surface area contributed by atoms with Crippen LogP contribution in [0.25, 0.3) is 0 Å². The molecule has 0 saturated heterocycles. The van der Waals surface area contributed by atoms with Gasteiger partial charge in [-0.15, -0.1) is 10.2 Å². The number of carbonyl (C=O) groups excluding carboxylic acids is 2. The number of aryl methyl sites for hydroxylation is 1. The summed E-state index contributed by atoms with van der Waals surface area (Å²) < 4.78 is 2.91. The predicted molar refractivity (Wildman–Crippen MR) is 131 cm³/mol. The molecule has 0 aliphatic carbocycles. The fourth-order valence-electron chi connectivity index (χ4n) is 3.24. The Labute approximate surface area is 201 Å². The molecule has 32 heavy (non-hydrogen) atoms. The standard InChI is InChI=1S/C24H27BrN4O2S/c1-5-29-22(21(15(2)3)26-23(31)18-8-6-16(4)7-9-18)27-28-24(29)32-14-20(30)17-10-12-19(25)13-11-17/h6-13,15,21H,5,14H2,1-4H3,(H,26,31). The summed E-state index contributed by atoms with van der Waals surface area (Å²) in [5.41, 5.74) is 2.37. The van der Waals surface area contributed by atoms with Crippen molar-refractivity contribution in [3.8, 4) is 0 Å². The van der Waals surface area contributed by atoms with Gasteiger partial charge in [-0.3, -0.25) is 9.59 Å². The van der Waals surface area contributed by atoms with E-state index in [4.69, 9.17) is 0 Å². The van der Waals surface area contributed by atoms with Crippen LogP contribution < -0.4 is 5.32 Å². The third kappa shape index (κ3) is 5.86. The Morgan fingerprint density at radius 3 is 2.25 bits per heavy atom. The van der Waals surface area contributed by atoms with Crippen molar-refractivity contribution in [3.63, 3.8) is 0 Å². The first-order valence-electron chi connectivity index (χ1n) is 10.5. The van der Waals surface area contributed by atoms with Crippen molar-refractivity contribution in [1.29, 1.82) is 0 Å². The number of ketones is 1. The number of thioether (sulfide) groups is 1. The number of Topliss-reactive ketones (excluding diaryl/α,β-unsaturated/α-hetero) is 1. The van der Waals surface area contributed by atoms with Crippen LogP contribution in [0.4, 0.5) is 0 Å². The van der Waals surface area contributed by atoms with E-state index in [0.717, 1.165) is 10.0 Å². The molecule has 0 bridgehead atoms. The zero-order valence-electron chi connectivity index (χ0n) is 18.6. The van der Waals surface area contributed by atoms with Crippen molar-refractivity contribution in [2.24, 2.45) is 5.92 Å². The lowest BCUT2D eigenvalue weighted by atomic mass is 10.0. The van der Waals surface area contributed by atoms with E-state index in [2.05, 4.69) is 31.4 Å². The second kappa shape index (κ2) is 10.9. The molecule has 1 heterocycles. The Bertz CT molecular complexity index is 1080. The van der Waals surface area contributed by atoms with E-state index in [1.807, 2.05) is 68.7 Å². The fraction of sp³-hybridized carbons (Fsp3) is 0.333. The average Bonchev–Trinajstić information content (AvgIpc) is 3.18. The summed E-state index contributed by atoms with van der Waals surface area (Å²) in [6.45, 7) is 8.72. The summed E-state index contributed by atoms with van der Waals surface area (Å²) in [6.07, 6.45) is 0. The maximum absolute atomic E-state index is 12.8. The van der Waals surface area contributed by atoms with Crippen molar-refractivity contribution >= 4 is 39.4 Å². The van der Waals surface area contributed by atoms with E-state index < -0.39 is 0 Å². The van der Waals surface area contributed by atoms with Crippen molar-refractivity contribution in [2.45, 2.75) is 45.4 Å².